The van der Waals surface area contributed by atoms with Gasteiger partial charge in [-0.15, -0.1) is 5.10 Å². The van der Waals surface area contributed by atoms with E-state index in [0.29, 0.717) is 28.0 Å². The van der Waals surface area contributed by atoms with Crippen LogP contribution in [0, 0.1) is 0 Å². The number of aromatic nitrogens is 4. The summed E-state index contributed by atoms with van der Waals surface area (Å²) in [7, 11) is 3.09. The number of benzene rings is 2. The highest BCUT2D eigenvalue weighted by atomic mass is 35.5. The van der Waals surface area contributed by atoms with Gasteiger partial charge >= 0.3 is 0 Å². The van der Waals surface area contributed by atoms with Gasteiger partial charge in [0.1, 0.15) is 11.5 Å². The van der Waals surface area contributed by atoms with Gasteiger partial charge in [-0.2, -0.15) is 0 Å². The Labute approximate surface area is 161 Å². The van der Waals surface area contributed by atoms with Crippen molar-refractivity contribution in [3.63, 3.8) is 0 Å². The van der Waals surface area contributed by atoms with Gasteiger partial charge in [-0.3, -0.25) is 0 Å². The first-order chi connectivity index (χ1) is 13.1. The Bertz CT molecular complexity index is 888. The van der Waals surface area contributed by atoms with E-state index >= 15 is 0 Å². The zero-order valence-electron chi connectivity index (χ0n) is 15.0. The third-order valence-electron chi connectivity index (χ3n) is 3.95. The number of methoxy groups -OCH3 is 2. The Kier molecular flexibility index (Phi) is 6.10. The number of anilines is 1. The van der Waals surface area contributed by atoms with Crippen LogP contribution in [0.1, 0.15) is 0 Å². The molecule has 1 aromatic heterocycles. The number of ether oxygens (including phenoxy) is 2. The van der Waals surface area contributed by atoms with Crippen LogP contribution in [-0.4, -0.2) is 52.2 Å². The van der Waals surface area contributed by atoms with Crippen molar-refractivity contribution in [2.75, 3.05) is 26.1 Å². The summed E-state index contributed by atoms with van der Waals surface area (Å²) in [5.74, 6) is 1.67. The highest BCUT2D eigenvalue weighted by Crippen LogP contribution is 2.35. The van der Waals surface area contributed by atoms with Crippen molar-refractivity contribution in [1.29, 1.82) is 0 Å². The summed E-state index contributed by atoms with van der Waals surface area (Å²) in [5.41, 5.74) is 1.55. The molecule has 0 aliphatic heterocycles. The maximum atomic E-state index is 10.4. The lowest BCUT2D eigenvalue weighted by Crippen LogP contribution is -2.26. The molecule has 0 radical (unpaired) electrons. The van der Waals surface area contributed by atoms with E-state index in [2.05, 4.69) is 20.8 Å². The van der Waals surface area contributed by atoms with Gasteiger partial charge in [-0.05, 0) is 10.4 Å². The topological polar surface area (TPSA) is 94.3 Å². The minimum atomic E-state index is -0.734. The molecule has 27 heavy (non-hydrogen) atoms. The monoisotopic (exact) mass is 389 g/mol. The molecule has 9 heteroatoms. The predicted molar refractivity (Wildman–Crippen MR) is 102 cm³/mol. The number of halogens is 1. The number of hydrogen-bond acceptors (Lipinski definition) is 7. The molecule has 2 N–H and O–H groups in total. The lowest BCUT2D eigenvalue weighted by molar-refractivity contribution is 0.161. The lowest BCUT2D eigenvalue weighted by Gasteiger charge is -2.17. The molecule has 0 aliphatic carbocycles. The zero-order chi connectivity index (χ0) is 19.2. The standard InChI is InChI=1S/C18H20ClN5O3/c1-26-16-9-15(17(27-2)8-14(16)19)20-10-13(25)11-24-18(21-22-23-24)12-6-4-3-5-7-12/h3-9,13,20,25H,10-11H2,1-2H3/t13-/m1/s1. The molecule has 0 spiro atoms. The average molecular weight is 390 g/mol. The molecule has 3 aromatic rings. The first-order valence-electron chi connectivity index (χ1n) is 8.27. The molecule has 3 rings (SSSR count). The van der Waals surface area contributed by atoms with Crippen molar-refractivity contribution in [1.82, 2.24) is 20.2 Å². The molecule has 2 aromatic carbocycles. The van der Waals surface area contributed by atoms with E-state index in [0.717, 1.165) is 5.56 Å². The van der Waals surface area contributed by atoms with Crippen LogP contribution >= 0.6 is 11.6 Å². The molecule has 8 nitrogen and oxygen atoms in total. The summed E-state index contributed by atoms with van der Waals surface area (Å²) < 4.78 is 12.1. The number of aliphatic hydroxyl groups is 1. The third-order valence-corrected chi connectivity index (χ3v) is 4.25. The van der Waals surface area contributed by atoms with Gasteiger partial charge in [-0.25, -0.2) is 4.68 Å². The van der Waals surface area contributed by atoms with Gasteiger partial charge in [-0.1, -0.05) is 41.9 Å². The summed E-state index contributed by atoms with van der Waals surface area (Å²) in [6.45, 7) is 0.493. The Hall–Kier alpha value is -2.84. The van der Waals surface area contributed by atoms with Crippen LogP contribution in [0.3, 0.4) is 0 Å². The molecule has 1 atom stereocenters. The Morgan fingerprint density at radius 2 is 1.89 bits per heavy atom. The van der Waals surface area contributed by atoms with Gasteiger partial charge in [0.25, 0.3) is 0 Å². The number of tetrazole rings is 1. The molecule has 0 bridgehead atoms. The summed E-state index contributed by atoms with van der Waals surface area (Å²) in [6, 6.07) is 12.9. The molecule has 142 valence electrons. The van der Waals surface area contributed by atoms with Crippen molar-refractivity contribution >= 4 is 17.3 Å². The van der Waals surface area contributed by atoms with Gasteiger partial charge in [0.05, 0.1) is 37.6 Å². The fourth-order valence-corrected chi connectivity index (χ4v) is 2.84. The van der Waals surface area contributed by atoms with Crippen LogP contribution in [0.5, 0.6) is 11.5 Å². The summed E-state index contributed by atoms with van der Waals surface area (Å²) >= 11 is 6.11. The van der Waals surface area contributed by atoms with Crippen LogP contribution < -0.4 is 14.8 Å². The second-order valence-electron chi connectivity index (χ2n) is 5.77. The number of rotatable bonds is 8. The van der Waals surface area contributed by atoms with Crippen LogP contribution in [0.25, 0.3) is 11.4 Å². The van der Waals surface area contributed by atoms with Gasteiger partial charge < -0.3 is 19.9 Å². The molecule has 0 amide bonds. The molecule has 1 heterocycles. The average Bonchev–Trinajstić information content (AvgIpc) is 3.15. The van der Waals surface area contributed by atoms with E-state index in [-0.39, 0.29) is 13.1 Å². The Balaban J connectivity index is 1.68. The van der Waals surface area contributed by atoms with E-state index in [4.69, 9.17) is 21.1 Å². The highest BCUT2D eigenvalue weighted by Gasteiger charge is 2.15. The summed E-state index contributed by atoms with van der Waals surface area (Å²) in [4.78, 5) is 0. The van der Waals surface area contributed by atoms with E-state index < -0.39 is 6.10 Å². The molecule has 0 saturated carbocycles. The largest absolute Gasteiger partial charge is 0.495 e. The predicted octanol–water partition coefficient (Wildman–Crippen LogP) is 2.48. The minimum Gasteiger partial charge on any atom is -0.495 e. The van der Waals surface area contributed by atoms with Crippen molar-refractivity contribution in [2.45, 2.75) is 12.6 Å². The molecule has 0 aliphatic rings. The Morgan fingerprint density at radius 1 is 1.15 bits per heavy atom. The number of hydrogen-bond donors (Lipinski definition) is 2. The SMILES string of the molecule is COc1cc(NC[C@@H](O)Cn2nnnc2-c2ccccc2)c(OC)cc1Cl. The second kappa shape index (κ2) is 8.70. The van der Waals surface area contributed by atoms with Gasteiger partial charge in [0.15, 0.2) is 5.82 Å². The number of nitrogens with one attached hydrogen (secondary N) is 1. The van der Waals surface area contributed by atoms with Crippen molar-refractivity contribution in [2.24, 2.45) is 0 Å². The third kappa shape index (κ3) is 4.47. The fraction of sp³-hybridized carbons (Fsp3) is 0.278. The minimum absolute atomic E-state index is 0.233. The van der Waals surface area contributed by atoms with Crippen LogP contribution in [0.2, 0.25) is 5.02 Å². The quantitative estimate of drug-likeness (QED) is 0.611. The Morgan fingerprint density at radius 3 is 2.59 bits per heavy atom. The normalized spacial score (nSPS) is 11.9. The van der Waals surface area contributed by atoms with E-state index in [1.165, 1.54) is 7.11 Å². The maximum absolute atomic E-state index is 10.4. The van der Waals surface area contributed by atoms with E-state index in [9.17, 15) is 5.11 Å². The molecule has 0 unspecified atom stereocenters. The maximum Gasteiger partial charge on any atom is 0.182 e. The zero-order valence-corrected chi connectivity index (χ0v) is 15.7. The van der Waals surface area contributed by atoms with Crippen molar-refractivity contribution in [3.05, 3.63) is 47.5 Å². The number of nitrogens with zero attached hydrogens (tertiary/aromatic N) is 4. The second-order valence-corrected chi connectivity index (χ2v) is 6.18. The molecular formula is C18H20ClN5O3. The molecule has 0 fully saturated rings. The smallest absolute Gasteiger partial charge is 0.182 e. The molecule has 0 saturated heterocycles. The van der Waals surface area contributed by atoms with E-state index in [1.807, 2.05) is 30.3 Å². The lowest BCUT2D eigenvalue weighted by atomic mass is 10.2. The van der Waals surface area contributed by atoms with Crippen LogP contribution in [0.15, 0.2) is 42.5 Å². The first-order valence-corrected chi connectivity index (χ1v) is 8.65. The number of aliphatic hydroxyl groups excluding tert-OH is 1. The van der Waals surface area contributed by atoms with Crippen molar-refractivity contribution in [3.8, 4) is 22.9 Å². The van der Waals surface area contributed by atoms with E-state index in [1.54, 1.807) is 23.9 Å². The summed E-state index contributed by atoms with van der Waals surface area (Å²) in [5, 5.41) is 25.7. The highest BCUT2D eigenvalue weighted by molar-refractivity contribution is 6.32. The van der Waals surface area contributed by atoms with Crippen LogP contribution in [-0.2, 0) is 6.54 Å². The van der Waals surface area contributed by atoms with Crippen LogP contribution in [0.4, 0.5) is 5.69 Å². The fourth-order valence-electron chi connectivity index (χ4n) is 2.61. The molecular weight excluding hydrogens is 370 g/mol. The summed E-state index contributed by atoms with van der Waals surface area (Å²) in [6.07, 6.45) is -0.734. The van der Waals surface area contributed by atoms with Gasteiger partial charge in [0.2, 0.25) is 0 Å². The van der Waals surface area contributed by atoms with Gasteiger partial charge in [0, 0.05) is 24.2 Å². The van der Waals surface area contributed by atoms with Crippen molar-refractivity contribution < 1.29 is 14.6 Å². The first kappa shape index (κ1) is 18.9.